The predicted octanol–water partition coefficient (Wildman–Crippen LogP) is 3.52. The summed E-state index contributed by atoms with van der Waals surface area (Å²) in [6, 6.07) is 2.48. The average Bonchev–Trinajstić information content (AvgIpc) is 2.85. The zero-order chi connectivity index (χ0) is 14.0. The second-order valence-electron chi connectivity index (χ2n) is 4.74. The zero-order valence-electron chi connectivity index (χ0n) is 11.1. The first-order valence-electron chi connectivity index (χ1n) is 6.49. The summed E-state index contributed by atoms with van der Waals surface area (Å²) in [6.07, 6.45) is -1.40. The summed E-state index contributed by atoms with van der Waals surface area (Å²) in [5.74, 6) is 0.676. The number of nitrogens with zero attached hydrogens (tertiary/aromatic N) is 2. The summed E-state index contributed by atoms with van der Waals surface area (Å²) < 4.78 is 38.6. The first-order chi connectivity index (χ1) is 8.95. The van der Waals surface area contributed by atoms with Gasteiger partial charge in [0, 0.05) is 19.6 Å². The highest BCUT2D eigenvalue weighted by Gasteiger charge is 2.33. The minimum Gasteiger partial charge on any atom is -0.373 e. The molecule has 0 saturated carbocycles. The second-order valence-corrected chi connectivity index (χ2v) is 4.74. The number of rotatable bonds is 3. The van der Waals surface area contributed by atoms with Crippen LogP contribution in [0.15, 0.2) is 12.1 Å². The Kier molecular flexibility index (Phi) is 3.87. The minimum atomic E-state index is -4.34. The van der Waals surface area contributed by atoms with Crippen LogP contribution in [0.5, 0.6) is 0 Å². The lowest BCUT2D eigenvalue weighted by Crippen LogP contribution is -2.29. The van der Waals surface area contributed by atoms with Crippen molar-refractivity contribution in [2.75, 3.05) is 23.8 Å². The molecule has 1 aromatic heterocycles. The van der Waals surface area contributed by atoms with Crippen LogP contribution in [0.4, 0.5) is 24.8 Å². The molecule has 1 N–H and O–H groups in total. The molecule has 0 bridgehead atoms. The van der Waals surface area contributed by atoms with Gasteiger partial charge in [0.25, 0.3) is 0 Å². The van der Waals surface area contributed by atoms with Crippen LogP contribution in [0, 0.1) is 0 Å². The molecule has 106 valence electrons. The molecule has 1 fully saturated rings. The Morgan fingerprint density at radius 1 is 1.42 bits per heavy atom. The highest BCUT2D eigenvalue weighted by Crippen LogP contribution is 2.34. The monoisotopic (exact) mass is 273 g/mol. The fraction of sp³-hybridized carbons (Fsp3) is 0.615. The molecule has 1 saturated heterocycles. The van der Waals surface area contributed by atoms with Crippen molar-refractivity contribution < 1.29 is 13.2 Å². The smallest absolute Gasteiger partial charge is 0.373 e. The van der Waals surface area contributed by atoms with Crippen LogP contribution < -0.4 is 10.2 Å². The van der Waals surface area contributed by atoms with Gasteiger partial charge in [0.05, 0.1) is 5.56 Å². The highest BCUT2D eigenvalue weighted by atomic mass is 19.4. The van der Waals surface area contributed by atoms with Crippen LogP contribution in [-0.2, 0) is 6.18 Å². The van der Waals surface area contributed by atoms with Gasteiger partial charge in [-0.25, -0.2) is 4.98 Å². The summed E-state index contributed by atoms with van der Waals surface area (Å²) in [4.78, 5) is 6.24. The van der Waals surface area contributed by atoms with Crippen molar-refractivity contribution in [1.29, 1.82) is 0 Å². The number of nitrogens with one attached hydrogen (secondary N) is 1. The molecule has 2 heterocycles. The maximum absolute atomic E-state index is 12.9. The molecule has 6 heteroatoms. The second kappa shape index (κ2) is 5.27. The van der Waals surface area contributed by atoms with Crippen LogP contribution in [0.25, 0.3) is 0 Å². The normalized spacial score (nSPS) is 19.8. The number of aromatic nitrogens is 1. The maximum Gasteiger partial charge on any atom is 0.416 e. The summed E-state index contributed by atoms with van der Waals surface area (Å²) in [6.45, 7) is 2.82. The van der Waals surface area contributed by atoms with E-state index >= 15 is 0 Å². The van der Waals surface area contributed by atoms with Crippen LogP contribution >= 0.6 is 0 Å². The van der Waals surface area contributed by atoms with E-state index in [0.717, 1.165) is 37.9 Å². The number of hydrogen-bond acceptors (Lipinski definition) is 3. The number of halogens is 3. The summed E-state index contributed by atoms with van der Waals surface area (Å²) in [7, 11) is 1.58. The van der Waals surface area contributed by atoms with E-state index in [1.165, 1.54) is 0 Å². The lowest BCUT2D eigenvalue weighted by Gasteiger charge is -2.26. The number of alkyl halides is 3. The molecular weight excluding hydrogens is 255 g/mol. The van der Waals surface area contributed by atoms with Crippen molar-refractivity contribution in [3.63, 3.8) is 0 Å². The summed E-state index contributed by atoms with van der Waals surface area (Å²) in [5, 5.41) is 2.70. The van der Waals surface area contributed by atoms with Gasteiger partial charge in [0.1, 0.15) is 11.6 Å². The molecular formula is C13H18F3N3. The van der Waals surface area contributed by atoms with Crippen molar-refractivity contribution in [2.45, 2.75) is 38.4 Å². The van der Waals surface area contributed by atoms with Crippen LogP contribution in [0.3, 0.4) is 0 Å². The molecule has 1 atom stereocenters. The van der Waals surface area contributed by atoms with Crippen molar-refractivity contribution in [3.05, 3.63) is 17.7 Å². The van der Waals surface area contributed by atoms with Gasteiger partial charge in [-0.2, -0.15) is 13.2 Å². The fourth-order valence-corrected chi connectivity index (χ4v) is 2.52. The number of anilines is 2. The third kappa shape index (κ3) is 2.93. The van der Waals surface area contributed by atoms with E-state index in [2.05, 4.69) is 17.2 Å². The zero-order valence-corrected chi connectivity index (χ0v) is 11.1. The van der Waals surface area contributed by atoms with Crippen LogP contribution in [-0.4, -0.2) is 24.6 Å². The number of hydrogen-bond donors (Lipinski definition) is 1. The molecule has 1 aromatic rings. The molecule has 19 heavy (non-hydrogen) atoms. The standard InChI is InChI=1S/C13H18F3N3/c1-3-10-5-4-6-19(10)12-8-9(13(14,15)16)7-11(17-2)18-12/h7-8,10H,3-6H2,1-2H3,(H,17,18). The van der Waals surface area contributed by atoms with Gasteiger partial charge in [0.15, 0.2) is 0 Å². The van der Waals surface area contributed by atoms with Gasteiger partial charge in [-0.1, -0.05) is 6.92 Å². The van der Waals surface area contributed by atoms with Gasteiger partial charge in [-0.05, 0) is 31.4 Å². The summed E-state index contributed by atoms with van der Waals surface area (Å²) in [5.41, 5.74) is -0.649. The van der Waals surface area contributed by atoms with E-state index in [-0.39, 0.29) is 5.82 Å². The fourth-order valence-electron chi connectivity index (χ4n) is 2.52. The topological polar surface area (TPSA) is 28.2 Å². The average molecular weight is 273 g/mol. The Balaban J connectivity index is 2.39. The Bertz CT molecular complexity index is 445. The van der Waals surface area contributed by atoms with Gasteiger partial charge < -0.3 is 10.2 Å². The maximum atomic E-state index is 12.9. The third-order valence-corrected chi connectivity index (χ3v) is 3.54. The first kappa shape index (κ1) is 14.0. The van der Waals surface area contributed by atoms with Gasteiger partial charge >= 0.3 is 6.18 Å². The largest absolute Gasteiger partial charge is 0.416 e. The molecule has 2 rings (SSSR count). The van der Waals surface area contributed by atoms with Gasteiger partial charge in [-0.15, -0.1) is 0 Å². The van der Waals surface area contributed by atoms with Crippen molar-refractivity contribution in [1.82, 2.24) is 4.98 Å². The van der Waals surface area contributed by atoms with Crippen molar-refractivity contribution in [2.24, 2.45) is 0 Å². The van der Waals surface area contributed by atoms with E-state index in [1.54, 1.807) is 7.05 Å². The molecule has 0 spiro atoms. The SMILES string of the molecule is CCC1CCCN1c1cc(C(F)(F)F)cc(NC)n1. The van der Waals surface area contributed by atoms with Crippen molar-refractivity contribution >= 4 is 11.6 Å². The molecule has 1 aliphatic rings. The molecule has 0 aliphatic carbocycles. The minimum absolute atomic E-state index is 0.256. The van der Waals surface area contributed by atoms with Crippen LogP contribution in [0.1, 0.15) is 31.7 Å². The van der Waals surface area contributed by atoms with E-state index in [0.29, 0.717) is 11.9 Å². The molecule has 0 radical (unpaired) electrons. The molecule has 0 amide bonds. The van der Waals surface area contributed by atoms with Gasteiger partial charge in [0.2, 0.25) is 0 Å². The summed E-state index contributed by atoms with van der Waals surface area (Å²) >= 11 is 0. The lowest BCUT2D eigenvalue weighted by atomic mass is 10.1. The van der Waals surface area contributed by atoms with E-state index in [1.807, 2.05) is 4.90 Å². The number of pyridine rings is 1. The van der Waals surface area contributed by atoms with E-state index in [9.17, 15) is 13.2 Å². The Morgan fingerprint density at radius 2 is 2.16 bits per heavy atom. The highest BCUT2D eigenvalue weighted by molar-refractivity contribution is 5.52. The Hall–Kier alpha value is -1.46. The molecule has 1 unspecified atom stereocenters. The molecule has 1 aliphatic heterocycles. The first-order valence-corrected chi connectivity index (χ1v) is 6.49. The molecule has 3 nitrogen and oxygen atoms in total. The Morgan fingerprint density at radius 3 is 2.74 bits per heavy atom. The third-order valence-electron chi connectivity index (χ3n) is 3.54. The van der Waals surface area contributed by atoms with Gasteiger partial charge in [-0.3, -0.25) is 0 Å². The van der Waals surface area contributed by atoms with E-state index in [4.69, 9.17) is 0 Å². The quantitative estimate of drug-likeness (QED) is 0.913. The van der Waals surface area contributed by atoms with Crippen molar-refractivity contribution in [3.8, 4) is 0 Å². The predicted molar refractivity (Wildman–Crippen MR) is 69.4 cm³/mol. The van der Waals surface area contributed by atoms with E-state index < -0.39 is 11.7 Å². The molecule has 0 aromatic carbocycles. The lowest BCUT2D eigenvalue weighted by molar-refractivity contribution is -0.137. The Labute approximate surface area is 110 Å². The van der Waals surface area contributed by atoms with Crippen LogP contribution in [0.2, 0.25) is 0 Å².